The third kappa shape index (κ3) is 4.57. The van der Waals surface area contributed by atoms with Gasteiger partial charge in [0.1, 0.15) is 22.5 Å². The molecule has 0 spiro atoms. The summed E-state index contributed by atoms with van der Waals surface area (Å²) in [7, 11) is 0. The Labute approximate surface area is 174 Å². The lowest BCUT2D eigenvalue weighted by molar-refractivity contribution is -0.384. The van der Waals surface area contributed by atoms with Crippen LogP contribution in [0, 0.1) is 21.4 Å². The van der Waals surface area contributed by atoms with E-state index in [0.717, 1.165) is 14.5 Å². The van der Waals surface area contributed by atoms with Gasteiger partial charge in [0.2, 0.25) is 0 Å². The minimum absolute atomic E-state index is 0.0172. The third-order valence-corrected chi connectivity index (χ3v) is 5.30. The summed E-state index contributed by atoms with van der Waals surface area (Å²) >= 11 is 8.04. The highest BCUT2D eigenvalue weighted by atomic mass is 79.9. The second-order valence-electron chi connectivity index (χ2n) is 5.14. The molecule has 0 unspecified atom stereocenters. The number of nitro groups is 1. The summed E-state index contributed by atoms with van der Waals surface area (Å²) < 4.78 is 1.58. The van der Waals surface area contributed by atoms with Crippen molar-refractivity contribution in [3.63, 3.8) is 0 Å². The van der Waals surface area contributed by atoms with Gasteiger partial charge in [-0.3, -0.25) is 10.1 Å². The van der Waals surface area contributed by atoms with Crippen molar-refractivity contribution in [2.45, 2.75) is 0 Å². The average molecular weight is 507 g/mol. The molecule has 134 valence electrons. The Hall–Kier alpha value is -2.61. The number of nitrogens with one attached hydrogen (secondary N) is 1. The van der Waals surface area contributed by atoms with Crippen molar-refractivity contribution >= 4 is 60.3 Å². The van der Waals surface area contributed by atoms with E-state index >= 15 is 0 Å². The maximum atomic E-state index is 10.7. The quantitative estimate of drug-likeness (QED) is 0.273. The Bertz CT molecular complexity index is 1070. The molecule has 0 amide bonds. The van der Waals surface area contributed by atoms with Gasteiger partial charge in [0.05, 0.1) is 15.1 Å². The Morgan fingerprint density at radius 2 is 2.07 bits per heavy atom. The zero-order valence-corrected chi connectivity index (χ0v) is 17.4. The van der Waals surface area contributed by atoms with E-state index in [1.807, 2.05) is 6.07 Å². The highest BCUT2D eigenvalue weighted by Gasteiger charge is 2.11. The molecule has 27 heavy (non-hydrogen) atoms. The molecule has 0 atom stereocenters. The molecule has 0 fully saturated rings. The van der Waals surface area contributed by atoms with E-state index in [4.69, 9.17) is 0 Å². The number of pyridine rings is 1. The molecule has 0 saturated heterocycles. The molecule has 0 bridgehead atoms. The molecule has 3 aromatic rings. The first kappa shape index (κ1) is 19.2. The summed E-state index contributed by atoms with van der Waals surface area (Å²) in [5.41, 5.74) is 1.76. The molecular formula is C17H9Br2N5O2S. The van der Waals surface area contributed by atoms with Gasteiger partial charge < -0.3 is 5.32 Å². The SMILES string of the molecule is N#C/C(=C\Nc1ncc(Br)cc1Br)c1nc(-c2ccc([N+](=O)[O-])cc2)cs1. The highest BCUT2D eigenvalue weighted by molar-refractivity contribution is 9.11. The summed E-state index contributed by atoms with van der Waals surface area (Å²) in [6, 6.07) is 10.1. The van der Waals surface area contributed by atoms with Crippen LogP contribution in [0.5, 0.6) is 0 Å². The van der Waals surface area contributed by atoms with E-state index in [1.165, 1.54) is 23.5 Å². The first-order valence-corrected chi connectivity index (χ1v) is 9.83. The molecule has 0 aliphatic heterocycles. The van der Waals surface area contributed by atoms with Gasteiger partial charge in [-0.05, 0) is 50.1 Å². The summed E-state index contributed by atoms with van der Waals surface area (Å²) in [6.07, 6.45) is 3.18. The first-order valence-electron chi connectivity index (χ1n) is 7.36. The van der Waals surface area contributed by atoms with Crippen LogP contribution in [0.15, 0.2) is 57.1 Å². The first-order chi connectivity index (χ1) is 13.0. The number of benzene rings is 1. The number of halogens is 2. The van der Waals surface area contributed by atoms with Crippen LogP contribution in [0.4, 0.5) is 11.5 Å². The van der Waals surface area contributed by atoms with E-state index in [9.17, 15) is 15.4 Å². The number of nitriles is 1. The van der Waals surface area contributed by atoms with Crippen LogP contribution in [0.1, 0.15) is 5.01 Å². The fourth-order valence-corrected chi connectivity index (χ4v) is 3.98. The zero-order valence-electron chi connectivity index (χ0n) is 13.4. The van der Waals surface area contributed by atoms with Crippen molar-refractivity contribution in [1.82, 2.24) is 9.97 Å². The number of allylic oxidation sites excluding steroid dienone is 1. The number of rotatable bonds is 5. The zero-order chi connectivity index (χ0) is 19.4. The molecule has 1 N–H and O–H groups in total. The van der Waals surface area contributed by atoms with Gasteiger partial charge in [0.25, 0.3) is 5.69 Å². The summed E-state index contributed by atoms with van der Waals surface area (Å²) in [4.78, 5) is 19.0. The van der Waals surface area contributed by atoms with Crippen LogP contribution in [0.3, 0.4) is 0 Å². The van der Waals surface area contributed by atoms with Crippen LogP contribution in [0.2, 0.25) is 0 Å². The summed E-state index contributed by atoms with van der Waals surface area (Å²) in [5.74, 6) is 0.568. The molecule has 10 heteroatoms. The lowest BCUT2D eigenvalue weighted by atomic mass is 10.1. The highest BCUT2D eigenvalue weighted by Crippen LogP contribution is 2.28. The van der Waals surface area contributed by atoms with Crippen molar-refractivity contribution in [2.75, 3.05) is 5.32 Å². The van der Waals surface area contributed by atoms with Gasteiger partial charge in [0, 0.05) is 39.9 Å². The molecule has 0 aliphatic rings. The van der Waals surface area contributed by atoms with Crippen molar-refractivity contribution in [2.24, 2.45) is 0 Å². The largest absolute Gasteiger partial charge is 0.344 e. The maximum Gasteiger partial charge on any atom is 0.269 e. The van der Waals surface area contributed by atoms with E-state index in [1.54, 1.807) is 29.9 Å². The number of hydrogen-bond donors (Lipinski definition) is 1. The number of anilines is 1. The summed E-state index contributed by atoms with van der Waals surface area (Å²) in [5, 5.41) is 25.5. The maximum absolute atomic E-state index is 10.7. The average Bonchev–Trinajstić information content (AvgIpc) is 3.14. The minimum Gasteiger partial charge on any atom is -0.344 e. The third-order valence-electron chi connectivity index (χ3n) is 3.39. The van der Waals surface area contributed by atoms with E-state index < -0.39 is 4.92 Å². The number of nitrogens with zero attached hydrogens (tertiary/aromatic N) is 4. The number of aromatic nitrogens is 2. The van der Waals surface area contributed by atoms with E-state index in [-0.39, 0.29) is 5.69 Å². The Balaban J connectivity index is 1.82. The molecule has 0 aliphatic carbocycles. The lowest BCUT2D eigenvalue weighted by Crippen LogP contribution is -1.95. The molecule has 0 saturated carbocycles. The van der Waals surface area contributed by atoms with E-state index in [2.05, 4.69) is 53.2 Å². The van der Waals surface area contributed by atoms with Gasteiger partial charge in [-0.2, -0.15) is 5.26 Å². The minimum atomic E-state index is -0.452. The Kier molecular flexibility index (Phi) is 5.95. The van der Waals surface area contributed by atoms with Crippen LogP contribution < -0.4 is 5.32 Å². The van der Waals surface area contributed by atoms with Crippen molar-refractivity contribution in [3.8, 4) is 17.3 Å². The smallest absolute Gasteiger partial charge is 0.269 e. The van der Waals surface area contributed by atoms with Gasteiger partial charge in [0.15, 0.2) is 0 Å². The molecule has 2 aromatic heterocycles. The van der Waals surface area contributed by atoms with Crippen LogP contribution in [-0.2, 0) is 0 Å². The Morgan fingerprint density at radius 3 is 2.70 bits per heavy atom. The second kappa shape index (κ2) is 8.39. The van der Waals surface area contributed by atoms with Crippen molar-refractivity contribution in [3.05, 3.63) is 72.2 Å². The van der Waals surface area contributed by atoms with Crippen molar-refractivity contribution < 1.29 is 4.92 Å². The summed E-state index contributed by atoms with van der Waals surface area (Å²) in [6.45, 7) is 0. The molecule has 3 rings (SSSR count). The molecule has 0 radical (unpaired) electrons. The van der Waals surface area contributed by atoms with Gasteiger partial charge >= 0.3 is 0 Å². The van der Waals surface area contributed by atoms with Gasteiger partial charge in [-0.25, -0.2) is 9.97 Å². The van der Waals surface area contributed by atoms with Crippen LogP contribution in [-0.4, -0.2) is 14.9 Å². The number of non-ortho nitro benzene ring substituents is 1. The topological polar surface area (TPSA) is 105 Å². The normalized spacial score (nSPS) is 11.1. The van der Waals surface area contributed by atoms with Crippen LogP contribution >= 0.6 is 43.2 Å². The monoisotopic (exact) mass is 505 g/mol. The van der Waals surface area contributed by atoms with E-state index in [0.29, 0.717) is 22.1 Å². The molecule has 7 nitrogen and oxygen atoms in total. The molecule has 2 heterocycles. The molecular weight excluding hydrogens is 498 g/mol. The number of hydrogen-bond acceptors (Lipinski definition) is 7. The second-order valence-corrected chi connectivity index (χ2v) is 7.77. The predicted molar refractivity (Wildman–Crippen MR) is 111 cm³/mol. The Morgan fingerprint density at radius 1 is 1.33 bits per heavy atom. The fraction of sp³-hybridized carbons (Fsp3) is 0. The number of thiazole rings is 1. The van der Waals surface area contributed by atoms with Gasteiger partial charge in [-0.15, -0.1) is 11.3 Å². The predicted octanol–water partition coefficient (Wildman–Crippen LogP) is 5.61. The lowest BCUT2D eigenvalue weighted by Gasteiger charge is -2.03. The van der Waals surface area contributed by atoms with Crippen LogP contribution in [0.25, 0.3) is 16.8 Å². The standard InChI is InChI=1S/C17H9Br2N5O2S/c18-12-5-14(19)16(22-8-12)21-7-11(6-20)17-23-15(9-27-17)10-1-3-13(4-2-10)24(25)26/h1-5,7-9H,(H,21,22)/b11-7+. The van der Waals surface area contributed by atoms with Gasteiger partial charge in [-0.1, -0.05) is 0 Å². The van der Waals surface area contributed by atoms with Crippen molar-refractivity contribution in [1.29, 1.82) is 5.26 Å². The molecule has 1 aromatic carbocycles. The number of nitro benzene ring substituents is 1. The fourth-order valence-electron chi connectivity index (χ4n) is 2.09.